The van der Waals surface area contributed by atoms with Crippen molar-refractivity contribution in [2.45, 2.75) is 26.3 Å². The molecule has 1 heterocycles. The number of nitrogens with one attached hydrogen (secondary N) is 1. The van der Waals surface area contributed by atoms with Gasteiger partial charge in [0.2, 0.25) is 0 Å². The lowest BCUT2D eigenvalue weighted by Gasteiger charge is -2.11. The highest BCUT2D eigenvalue weighted by Gasteiger charge is 2.05. The summed E-state index contributed by atoms with van der Waals surface area (Å²) in [5.74, 6) is 0. The zero-order chi connectivity index (χ0) is 9.14. The maximum absolute atomic E-state index is 5.89. The molecule has 66 valence electrons. The first-order chi connectivity index (χ1) is 5.65. The van der Waals surface area contributed by atoms with Crippen LogP contribution in [0.4, 0.5) is 0 Å². The molecule has 1 aromatic rings. The largest absolute Gasteiger partial charge is 0.350 e. The molecule has 0 saturated carbocycles. The van der Waals surface area contributed by atoms with Crippen LogP contribution in [0.5, 0.6) is 0 Å². The fraction of sp³-hybridized carbons (Fsp3) is 0.444. The maximum Gasteiger partial charge on any atom is 0.103 e. The average Bonchev–Trinajstić information content (AvgIpc) is 2.03. The van der Waals surface area contributed by atoms with Gasteiger partial charge in [-0.25, -0.2) is 0 Å². The van der Waals surface area contributed by atoms with E-state index in [-0.39, 0.29) is 6.04 Å². The first-order valence-corrected chi connectivity index (χ1v) is 4.51. The number of rotatable bonds is 2. The molecule has 1 atom stereocenters. The molecule has 0 aliphatic rings. The smallest absolute Gasteiger partial charge is 0.103 e. The highest BCUT2D eigenvalue weighted by molar-refractivity contribution is 7.71. The second-order valence-corrected chi connectivity index (χ2v) is 3.36. The minimum Gasteiger partial charge on any atom is -0.350 e. The van der Waals surface area contributed by atoms with Crippen molar-refractivity contribution >= 4 is 12.2 Å². The van der Waals surface area contributed by atoms with Crippen molar-refractivity contribution in [2.24, 2.45) is 5.73 Å². The van der Waals surface area contributed by atoms with E-state index in [1.807, 2.05) is 19.1 Å². The molecule has 1 rings (SSSR count). The van der Waals surface area contributed by atoms with E-state index in [0.29, 0.717) is 0 Å². The van der Waals surface area contributed by atoms with Crippen molar-refractivity contribution in [3.05, 3.63) is 28.0 Å². The third kappa shape index (κ3) is 1.93. The van der Waals surface area contributed by atoms with Crippen LogP contribution in [0.1, 0.15) is 30.6 Å². The molecule has 0 spiro atoms. The number of H-pyrrole nitrogens is 1. The van der Waals surface area contributed by atoms with Crippen molar-refractivity contribution < 1.29 is 0 Å². The molecule has 0 radical (unpaired) electrons. The monoisotopic (exact) mass is 182 g/mol. The Labute approximate surface area is 77.8 Å². The number of hydrogen-bond donors (Lipinski definition) is 2. The van der Waals surface area contributed by atoms with Crippen molar-refractivity contribution in [1.29, 1.82) is 0 Å². The highest BCUT2D eigenvalue weighted by Crippen LogP contribution is 2.15. The third-order valence-corrected chi connectivity index (χ3v) is 2.24. The van der Waals surface area contributed by atoms with E-state index in [2.05, 4.69) is 11.9 Å². The van der Waals surface area contributed by atoms with Crippen LogP contribution in [-0.4, -0.2) is 4.98 Å². The highest BCUT2D eigenvalue weighted by atomic mass is 32.1. The molecule has 0 aromatic carbocycles. The van der Waals surface area contributed by atoms with Gasteiger partial charge in [-0.15, -0.1) is 0 Å². The molecule has 1 aromatic heterocycles. The number of hydrogen-bond acceptors (Lipinski definition) is 2. The van der Waals surface area contributed by atoms with E-state index in [9.17, 15) is 0 Å². The molecular formula is C9H14N2S. The van der Waals surface area contributed by atoms with Gasteiger partial charge >= 0.3 is 0 Å². The Bertz CT molecular complexity index is 317. The van der Waals surface area contributed by atoms with Gasteiger partial charge in [-0.1, -0.05) is 25.2 Å². The van der Waals surface area contributed by atoms with Gasteiger partial charge in [0.1, 0.15) is 4.64 Å². The molecule has 0 bridgehead atoms. The van der Waals surface area contributed by atoms with Crippen LogP contribution in [0.15, 0.2) is 12.1 Å². The van der Waals surface area contributed by atoms with Gasteiger partial charge in [0.05, 0.1) is 0 Å². The van der Waals surface area contributed by atoms with Crippen LogP contribution in [-0.2, 0) is 0 Å². The Balaban J connectivity index is 3.09. The minimum atomic E-state index is 0.122. The van der Waals surface area contributed by atoms with Crippen LogP contribution in [0.2, 0.25) is 0 Å². The summed E-state index contributed by atoms with van der Waals surface area (Å²) in [6.45, 7) is 4.08. The van der Waals surface area contributed by atoms with Gasteiger partial charge in [-0.05, 0) is 25.0 Å². The minimum absolute atomic E-state index is 0.122. The molecule has 2 nitrogen and oxygen atoms in total. The first-order valence-electron chi connectivity index (χ1n) is 4.10. The molecular weight excluding hydrogens is 168 g/mol. The van der Waals surface area contributed by atoms with E-state index in [0.717, 1.165) is 22.3 Å². The van der Waals surface area contributed by atoms with E-state index < -0.39 is 0 Å². The lowest BCUT2D eigenvalue weighted by molar-refractivity contribution is 0.688. The predicted octanol–water partition coefficient (Wildman–Crippen LogP) is 2.46. The SMILES string of the molecule is CC[C@H](N)c1ccc(=S)[nH]c1C. The van der Waals surface area contributed by atoms with Gasteiger partial charge in [0, 0.05) is 11.7 Å². The summed E-state index contributed by atoms with van der Waals surface area (Å²) in [5, 5.41) is 0. The molecule has 3 heteroatoms. The molecule has 0 unspecified atom stereocenters. The predicted molar refractivity (Wildman–Crippen MR) is 53.6 cm³/mol. The van der Waals surface area contributed by atoms with Gasteiger partial charge in [-0.2, -0.15) is 0 Å². The summed E-state index contributed by atoms with van der Waals surface area (Å²) in [6, 6.07) is 4.01. The topological polar surface area (TPSA) is 41.8 Å². The Morgan fingerprint density at radius 2 is 2.25 bits per heavy atom. The summed E-state index contributed by atoms with van der Waals surface area (Å²) >= 11 is 4.99. The zero-order valence-corrected chi connectivity index (χ0v) is 8.24. The van der Waals surface area contributed by atoms with Crippen LogP contribution in [0.25, 0.3) is 0 Å². The summed E-state index contributed by atoms with van der Waals surface area (Å²) in [4.78, 5) is 3.09. The molecule has 0 aliphatic heterocycles. The van der Waals surface area contributed by atoms with Gasteiger partial charge in [0.25, 0.3) is 0 Å². The Morgan fingerprint density at radius 3 is 2.75 bits per heavy atom. The van der Waals surface area contributed by atoms with E-state index >= 15 is 0 Å². The van der Waals surface area contributed by atoms with Gasteiger partial charge < -0.3 is 10.7 Å². The van der Waals surface area contributed by atoms with Gasteiger partial charge in [-0.3, -0.25) is 0 Å². The summed E-state index contributed by atoms with van der Waals surface area (Å²) < 4.78 is 0.763. The van der Waals surface area contributed by atoms with Crippen LogP contribution in [0.3, 0.4) is 0 Å². The fourth-order valence-electron chi connectivity index (χ4n) is 1.21. The Morgan fingerprint density at radius 1 is 1.58 bits per heavy atom. The van der Waals surface area contributed by atoms with Crippen molar-refractivity contribution in [3.8, 4) is 0 Å². The number of aromatic amines is 1. The quantitative estimate of drug-likeness (QED) is 0.690. The summed E-state index contributed by atoms with van der Waals surface area (Å²) in [7, 11) is 0. The summed E-state index contributed by atoms with van der Waals surface area (Å²) in [6.07, 6.45) is 0.950. The number of pyridine rings is 1. The van der Waals surface area contributed by atoms with Crippen molar-refractivity contribution in [1.82, 2.24) is 4.98 Å². The van der Waals surface area contributed by atoms with E-state index in [1.165, 1.54) is 0 Å². The van der Waals surface area contributed by atoms with E-state index in [1.54, 1.807) is 0 Å². The second kappa shape index (κ2) is 3.83. The molecule has 0 fully saturated rings. The molecule has 0 saturated heterocycles. The summed E-state index contributed by atoms with van der Waals surface area (Å²) in [5.41, 5.74) is 8.13. The average molecular weight is 182 g/mol. The Hall–Kier alpha value is -0.670. The molecule has 0 aliphatic carbocycles. The van der Waals surface area contributed by atoms with Crippen LogP contribution >= 0.6 is 12.2 Å². The van der Waals surface area contributed by atoms with E-state index in [4.69, 9.17) is 18.0 Å². The molecule has 0 amide bonds. The third-order valence-electron chi connectivity index (χ3n) is 2.00. The number of aryl methyl sites for hydroxylation is 1. The fourth-order valence-corrected chi connectivity index (χ4v) is 1.43. The molecule has 3 N–H and O–H groups in total. The lowest BCUT2D eigenvalue weighted by Crippen LogP contribution is -2.10. The number of nitrogens with two attached hydrogens (primary N) is 1. The standard InChI is InChI=1S/C9H14N2S/c1-3-8(10)7-4-5-9(12)11-6(7)2/h4-5,8H,3,10H2,1-2H3,(H,11,12)/t8-/m0/s1. The maximum atomic E-state index is 5.89. The van der Waals surface area contributed by atoms with Crippen molar-refractivity contribution in [3.63, 3.8) is 0 Å². The van der Waals surface area contributed by atoms with Crippen LogP contribution < -0.4 is 5.73 Å². The first kappa shape index (κ1) is 9.42. The lowest BCUT2D eigenvalue weighted by atomic mass is 10.0. The Kier molecular flexibility index (Phi) is 3.00. The van der Waals surface area contributed by atoms with Crippen LogP contribution in [0, 0.1) is 11.6 Å². The molecule has 12 heavy (non-hydrogen) atoms. The van der Waals surface area contributed by atoms with Crippen molar-refractivity contribution in [2.75, 3.05) is 0 Å². The number of aromatic nitrogens is 1. The normalized spacial score (nSPS) is 12.9. The second-order valence-electron chi connectivity index (χ2n) is 2.92. The zero-order valence-electron chi connectivity index (χ0n) is 7.42. The van der Waals surface area contributed by atoms with Gasteiger partial charge in [0.15, 0.2) is 0 Å².